The molecule has 1 aliphatic rings. The number of nitrogens with one attached hydrogen (secondary N) is 1. The Balaban J connectivity index is 2.51. The summed E-state index contributed by atoms with van der Waals surface area (Å²) in [5.41, 5.74) is 1.07. The maximum absolute atomic E-state index is 5.49. The molecule has 1 aromatic rings. The van der Waals surface area contributed by atoms with Crippen LogP contribution in [0.4, 0.5) is 0 Å². The van der Waals surface area contributed by atoms with Crippen molar-refractivity contribution in [3.05, 3.63) is 17.7 Å². The molecular weight excluding hydrogens is 230 g/mol. The van der Waals surface area contributed by atoms with Crippen molar-refractivity contribution < 1.29 is 14.2 Å². The third-order valence-corrected chi connectivity index (χ3v) is 3.67. The Kier molecular flexibility index (Phi) is 3.66. The number of benzene rings is 1. The summed E-state index contributed by atoms with van der Waals surface area (Å²) >= 11 is 0. The molecule has 0 amide bonds. The lowest BCUT2D eigenvalue weighted by molar-refractivity contribution is 0.337. The minimum atomic E-state index is -0.0507. The highest BCUT2D eigenvalue weighted by molar-refractivity contribution is 5.53. The SMILES string of the molecule is COc1cc(OC)c(C2(C)CCCN2)cc1OC. The third kappa shape index (κ3) is 2.12. The Morgan fingerprint density at radius 1 is 1.00 bits per heavy atom. The summed E-state index contributed by atoms with van der Waals surface area (Å²) in [6.07, 6.45) is 2.27. The molecule has 0 spiro atoms. The highest BCUT2D eigenvalue weighted by Gasteiger charge is 2.33. The van der Waals surface area contributed by atoms with Gasteiger partial charge < -0.3 is 19.5 Å². The molecule has 1 aliphatic heterocycles. The van der Waals surface area contributed by atoms with Gasteiger partial charge in [0.25, 0.3) is 0 Å². The average Bonchev–Trinajstić information content (AvgIpc) is 2.85. The van der Waals surface area contributed by atoms with Crippen LogP contribution in [0.25, 0.3) is 0 Å². The largest absolute Gasteiger partial charge is 0.496 e. The second kappa shape index (κ2) is 5.06. The van der Waals surface area contributed by atoms with E-state index in [1.165, 1.54) is 6.42 Å². The lowest BCUT2D eigenvalue weighted by atomic mass is 9.89. The summed E-state index contributed by atoms with van der Waals surface area (Å²) in [4.78, 5) is 0. The topological polar surface area (TPSA) is 39.7 Å². The molecule has 1 unspecified atom stereocenters. The lowest BCUT2D eigenvalue weighted by Gasteiger charge is -2.28. The highest BCUT2D eigenvalue weighted by Crippen LogP contribution is 2.42. The Bertz CT molecular complexity index is 425. The standard InChI is InChI=1S/C14H21NO3/c1-14(6-5-7-15-14)10-8-12(17-3)13(18-4)9-11(10)16-2/h8-9,15H,5-7H2,1-4H3. The van der Waals surface area contributed by atoms with Crippen molar-refractivity contribution in [2.24, 2.45) is 0 Å². The van der Waals surface area contributed by atoms with Gasteiger partial charge in [-0.2, -0.15) is 0 Å². The first-order chi connectivity index (χ1) is 8.64. The molecule has 1 fully saturated rings. The van der Waals surface area contributed by atoms with Gasteiger partial charge in [-0.25, -0.2) is 0 Å². The second-order valence-corrected chi connectivity index (χ2v) is 4.77. The molecule has 1 heterocycles. The van der Waals surface area contributed by atoms with Crippen molar-refractivity contribution in [2.75, 3.05) is 27.9 Å². The van der Waals surface area contributed by atoms with Gasteiger partial charge in [0.1, 0.15) is 5.75 Å². The quantitative estimate of drug-likeness (QED) is 0.891. The first-order valence-corrected chi connectivity index (χ1v) is 6.20. The minimum absolute atomic E-state index is 0.0507. The van der Waals surface area contributed by atoms with Gasteiger partial charge in [-0.05, 0) is 32.4 Å². The maximum Gasteiger partial charge on any atom is 0.164 e. The maximum atomic E-state index is 5.49. The van der Waals surface area contributed by atoms with Crippen LogP contribution in [0.1, 0.15) is 25.3 Å². The number of hydrogen-bond acceptors (Lipinski definition) is 4. The van der Waals surface area contributed by atoms with Crippen LogP contribution in [0.3, 0.4) is 0 Å². The zero-order valence-electron chi connectivity index (χ0n) is 11.5. The van der Waals surface area contributed by atoms with E-state index in [1.54, 1.807) is 21.3 Å². The molecule has 2 rings (SSSR count). The van der Waals surface area contributed by atoms with E-state index < -0.39 is 0 Å². The Morgan fingerprint density at radius 2 is 1.61 bits per heavy atom. The van der Waals surface area contributed by atoms with E-state index in [4.69, 9.17) is 14.2 Å². The van der Waals surface area contributed by atoms with E-state index >= 15 is 0 Å². The first-order valence-electron chi connectivity index (χ1n) is 6.20. The molecule has 1 aromatic carbocycles. The summed E-state index contributed by atoms with van der Waals surface area (Å²) in [6, 6.07) is 3.90. The molecule has 0 saturated carbocycles. The van der Waals surface area contributed by atoms with Crippen molar-refractivity contribution in [1.29, 1.82) is 0 Å². The monoisotopic (exact) mass is 251 g/mol. The number of methoxy groups -OCH3 is 3. The first kappa shape index (κ1) is 13.0. The molecule has 1 saturated heterocycles. The molecule has 100 valence electrons. The van der Waals surface area contributed by atoms with Gasteiger partial charge in [0, 0.05) is 17.2 Å². The summed E-state index contributed by atoms with van der Waals surface area (Å²) < 4.78 is 16.2. The zero-order valence-corrected chi connectivity index (χ0v) is 11.5. The Morgan fingerprint density at radius 3 is 2.11 bits per heavy atom. The van der Waals surface area contributed by atoms with E-state index in [1.807, 2.05) is 12.1 Å². The van der Waals surface area contributed by atoms with Gasteiger partial charge >= 0.3 is 0 Å². The predicted octanol–water partition coefficient (Wildman–Crippen LogP) is 2.31. The summed E-state index contributed by atoms with van der Waals surface area (Å²) in [5, 5.41) is 3.54. The molecule has 0 bridgehead atoms. The molecule has 0 aromatic heterocycles. The molecule has 4 nitrogen and oxygen atoms in total. The van der Waals surface area contributed by atoms with Gasteiger partial charge in [-0.1, -0.05) is 0 Å². The smallest absolute Gasteiger partial charge is 0.164 e. The molecule has 0 radical (unpaired) electrons. The van der Waals surface area contributed by atoms with Gasteiger partial charge in [-0.3, -0.25) is 0 Å². The molecule has 1 atom stereocenters. The molecule has 0 aliphatic carbocycles. The van der Waals surface area contributed by atoms with E-state index in [9.17, 15) is 0 Å². The van der Waals surface area contributed by atoms with Crippen LogP contribution >= 0.6 is 0 Å². The van der Waals surface area contributed by atoms with E-state index in [2.05, 4.69) is 12.2 Å². The van der Waals surface area contributed by atoms with Gasteiger partial charge in [0.2, 0.25) is 0 Å². The van der Waals surface area contributed by atoms with Gasteiger partial charge in [0.05, 0.1) is 21.3 Å². The van der Waals surface area contributed by atoms with Crippen molar-refractivity contribution in [3.8, 4) is 17.2 Å². The lowest BCUT2D eigenvalue weighted by Crippen LogP contribution is -2.33. The molecule has 1 N–H and O–H groups in total. The highest BCUT2D eigenvalue weighted by atomic mass is 16.5. The summed E-state index contributed by atoms with van der Waals surface area (Å²) in [5.74, 6) is 2.27. The average molecular weight is 251 g/mol. The van der Waals surface area contributed by atoms with Crippen LogP contribution in [0.2, 0.25) is 0 Å². The summed E-state index contributed by atoms with van der Waals surface area (Å²) in [7, 11) is 4.97. The van der Waals surface area contributed by atoms with Gasteiger partial charge in [-0.15, -0.1) is 0 Å². The van der Waals surface area contributed by atoms with E-state index in [0.29, 0.717) is 5.75 Å². The van der Waals surface area contributed by atoms with Crippen LogP contribution < -0.4 is 19.5 Å². The van der Waals surface area contributed by atoms with Crippen LogP contribution in [0.15, 0.2) is 12.1 Å². The number of hydrogen-bond donors (Lipinski definition) is 1. The normalized spacial score (nSPS) is 22.9. The van der Waals surface area contributed by atoms with Crippen molar-refractivity contribution >= 4 is 0 Å². The molecule has 18 heavy (non-hydrogen) atoms. The Hall–Kier alpha value is -1.42. The predicted molar refractivity (Wildman–Crippen MR) is 70.7 cm³/mol. The van der Waals surface area contributed by atoms with Crippen LogP contribution in [-0.4, -0.2) is 27.9 Å². The zero-order chi connectivity index (χ0) is 13.2. The van der Waals surface area contributed by atoms with Crippen molar-refractivity contribution in [2.45, 2.75) is 25.3 Å². The fourth-order valence-corrected chi connectivity index (χ4v) is 2.58. The summed E-state index contributed by atoms with van der Waals surface area (Å²) in [6.45, 7) is 3.23. The van der Waals surface area contributed by atoms with E-state index in [0.717, 1.165) is 30.0 Å². The van der Waals surface area contributed by atoms with Crippen molar-refractivity contribution in [1.82, 2.24) is 5.32 Å². The van der Waals surface area contributed by atoms with E-state index in [-0.39, 0.29) is 5.54 Å². The molecular formula is C14H21NO3. The van der Waals surface area contributed by atoms with Crippen LogP contribution in [0, 0.1) is 0 Å². The molecule has 4 heteroatoms. The van der Waals surface area contributed by atoms with Crippen LogP contribution in [0.5, 0.6) is 17.2 Å². The van der Waals surface area contributed by atoms with Crippen LogP contribution in [-0.2, 0) is 5.54 Å². The van der Waals surface area contributed by atoms with Crippen molar-refractivity contribution in [3.63, 3.8) is 0 Å². The number of rotatable bonds is 4. The third-order valence-electron chi connectivity index (χ3n) is 3.67. The second-order valence-electron chi connectivity index (χ2n) is 4.77. The van der Waals surface area contributed by atoms with Gasteiger partial charge in [0.15, 0.2) is 11.5 Å². The number of ether oxygens (including phenoxy) is 3. The fraction of sp³-hybridized carbons (Fsp3) is 0.571. The Labute approximate surface area is 108 Å². The minimum Gasteiger partial charge on any atom is -0.496 e. The fourth-order valence-electron chi connectivity index (χ4n) is 2.58.